The van der Waals surface area contributed by atoms with Crippen molar-refractivity contribution in [2.75, 3.05) is 13.1 Å². The molecular formula is C14H19N3O2. The molecule has 0 spiro atoms. The van der Waals surface area contributed by atoms with Gasteiger partial charge in [-0.2, -0.15) is 0 Å². The van der Waals surface area contributed by atoms with E-state index < -0.39 is 0 Å². The SMILES string of the molecule is NCc1cc(C(=O)N2CC3CCC(O)C3C2)ccn1. The summed E-state index contributed by atoms with van der Waals surface area (Å²) in [6.45, 7) is 1.77. The van der Waals surface area contributed by atoms with Crippen LogP contribution in [0.5, 0.6) is 0 Å². The van der Waals surface area contributed by atoms with E-state index >= 15 is 0 Å². The van der Waals surface area contributed by atoms with Gasteiger partial charge in [-0.05, 0) is 30.9 Å². The molecule has 2 fully saturated rings. The largest absolute Gasteiger partial charge is 0.393 e. The van der Waals surface area contributed by atoms with Crippen LogP contribution in [0.2, 0.25) is 0 Å². The molecule has 3 atom stereocenters. The molecule has 19 heavy (non-hydrogen) atoms. The number of aliphatic hydroxyl groups is 1. The first-order valence-electron chi connectivity index (χ1n) is 6.81. The fourth-order valence-corrected chi connectivity index (χ4v) is 3.31. The molecule has 0 radical (unpaired) electrons. The zero-order chi connectivity index (χ0) is 13.4. The van der Waals surface area contributed by atoms with Gasteiger partial charge >= 0.3 is 0 Å². The molecule has 1 saturated carbocycles. The van der Waals surface area contributed by atoms with E-state index in [1.165, 1.54) is 0 Å². The molecule has 102 valence electrons. The number of nitrogens with two attached hydrogens (primary N) is 1. The van der Waals surface area contributed by atoms with Gasteiger partial charge in [-0.1, -0.05) is 0 Å². The monoisotopic (exact) mass is 261 g/mol. The molecule has 1 saturated heterocycles. The molecule has 3 unspecified atom stereocenters. The first-order valence-corrected chi connectivity index (χ1v) is 6.81. The van der Waals surface area contributed by atoms with Crippen molar-refractivity contribution < 1.29 is 9.90 Å². The Morgan fingerprint density at radius 3 is 3.05 bits per heavy atom. The van der Waals surface area contributed by atoms with Crippen LogP contribution >= 0.6 is 0 Å². The molecular weight excluding hydrogens is 242 g/mol. The number of hydrogen-bond donors (Lipinski definition) is 2. The predicted molar refractivity (Wildman–Crippen MR) is 70.3 cm³/mol. The van der Waals surface area contributed by atoms with Crippen LogP contribution in [-0.2, 0) is 6.54 Å². The summed E-state index contributed by atoms with van der Waals surface area (Å²) in [7, 11) is 0. The van der Waals surface area contributed by atoms with Crippen molar-refractivity contribution in [1.82, 2.24) is 9.88 Å². The summed E-state index contributed by atoms with van der Waals surface area (Å²) >= 11 is 0. The highest BCUT2D eigenvalue weighted by molar-refractivity contribution is 5.94. The summed E-state index contributed by atoms with van der Waals surface area (Å²) in [5.74, 6) is 0.758. The van der Waals surface area contributed by atoms with E-state index in [0.717, 1.165) is 25.1 Å². The molecule has 2 heterocycles. The first-order chi connectivity index (χ1) is 9.19. The minimum absolute atomic E-state index is 0.0266. The predicted octanol–water partition coefficient (Wildman–Crippen LogP) is 0.383. The molecule has 1 aromatic rings. The summed E-state index contributed by atoms with van der Waals surface area (Å²) in [6.07, 6.45) is 3.30. The highest BCUT2D eigenvalue weighted by Crippen LogP contribution is 2.38. The van der Waals surface area contributed by atoms with Gasteiger partial charge in [0.2, 0.25) is 0 Å². The van der Waals surface area contributed by atoms with E-state index in [1.54, 1.807) is 18.3 Å². The third kappa shape index (κ3) is 2.24. The Morgan fingerprint density at radius 1 is 1.47 bits per heavy atom. The van der Waals surface area contributed by atoms with Gasteiger partial charge in [0.15, 0.2) is 0 Å². The Kier molecular flexibility index (Phi) is 3.24. The Hall–Kier alpha value is -1.46. The van der Waals surface area contributed by atoms with Crippen LogP contribution < -0.4 is 5.73 Å². The zero-order valence-corrected chi connectivity index (χ0v) is 10.8. The lowest BCUT2D eigenvalue weighted by atomic mass is 10.00. The summed E-state index contributed by atoms with van der Waals surface area (Å²) in [5.41, 5.74) is 6.92. The lowest BCUT2D eigenvalue weighted by Gasteiger charge is -2.18. The van der Waals surface area contributed by atoms with Gasteiger partial charge in [0, 0.05) is 37.3 Å². The number of rotatable bonds is 2. The Morgan fingerprint density at radius 2 is 2.32 bits per heavy atom. The summed E-state index contributed by atoms with van der Waals surface area (Å²) in [4.78, 5) is 18.4. The third-order valence-corrected chi connectivity index (χ3v) is 4.38. The van der Waals surface area contributed by atoms with Crippen LogP contribution in [0.1, 0.15) is 28.9 Å². The molecule has 1 amide bonds. The molecule has 5 nitrogen and oxygen atoms in total. The molecule has 0 aromatic carbocycles. The van der Waals surface area contributed by atoms with Crippen LogP contribution in [0.25, 0.3) is 0 Å². The maximum Gasteiger partial charge on any atom is 0.253 e. The standard InChI is InChI=1S/C14H19N3O2/c15-6-11-5-9(3-4-16-11)14(19)17-7-10-1-2-13(18)12(10)8-17/h3-5,10,12-13,18H,1-2,6-8,15H2. The molecule has 1 aliphatic heterocycles. The number of hydrogen-bond acceptors (Lipinski definition) is 4. The fourth-order valence-electron chi connectivity index (χ4n) is 3.31. The van der Waals surface area contributed by atoms with Crippen molar-refractivity contribution in [2.45, 2.75) is 25.5 Å². The minimum Gasteiger partial charge on any atom is -0.393 e. The molecule has 2 aliphatic rings. The number of aromatic nitrogens is 1. The summed E-state index contributed by atoms with van der Waals surface area (Å²) in [6, 6.07) is 3.49. The molecule has 3 rings (SSSR count). The minimum atomic E-state index is -0.236. The molecule has 0 bridgehead atoms. The van der Waals surface area contributed by atoms with Crippen LogP contribution in [0.3, 0.4) is 0 Å². The highest BCUT2D eigenvalue weighted by atomic mass is 16.3. The number of carbonyl (C=O) groups is 1. The fraction of sp³-hybridized carbons (Fsp3) is 0.571. The van der Waals surface area contributed by atoms with Crippen molar-refractivity contribution in [3.63, 3.8) is 0 Å². The summed E-state index contributed by atoms with van der Waals surface area (Å²) < 4.78 is 0. The van der Waals surface area contributed by atoms with Gasteiger partial charge in [-0.25, -0.2) is 0 Å². The second kappa shape index (κ2) is 4.90. The number of nitrogens with zero attached hydrogens (tertiary/aromatic N) is 2. The van der Waals surface area contributed by atoms with Gasteiger partial charge in [-0.15, -0.1) is 0 Å². The topological polar surface area (TPSA) is 79.5 Å². The van der Waals surface area contributed by atoms with Crippen molar-refractivity contribution >= 4 is 5.91 Å². The first kappa shape index (κ1) is 12.6. The average molecular weight is 261 g/mol. The van der Waals surface area contributed by atoms with Crippen molar-refractivity contribution in [2.24, 2.45) is 17.6 Å². The second-order valence-electron chi connectivity index (χ2n) is 5.52. The number of likely N-dealkylation sites (tertiary alicyclic amines) is 1. The molecule has 5 heteroatoms. The Labute approximate surface area is 112 Å². The van der Waals surface area contributed by atoms with Gasteiger partial charge in [0.05, 0.1) is 11.8 Å². The van der Waals surface area contributed by atoms with Crippen LogP contribution in [0.4, 0.5) is 0 Å². The lowest BCUT2D eigenvalue weighted by Crippen LogP contribution is -2.31. The number of fused-ring (bicyclic) bond motifs is 1. The number of amides is 1. The van der Waals surface area contributed by atoms with Crippen LogP contribution in [0, 0.1) is 11.8 Å². The van der Waals surface area contributed by atoms with E-state index in [-0.39, 0.29) is 17.9 Å². The zero-order valence-electron chi connectivity index (χ0n) is 10.8. The number of carbonyl (C=O) groups excluding carboxylic acids is 1. The molecule has 1 aliphatic carbocycles. The van der Waals surface area contributed by atoms with E-state index in [0.29, 0.717) is 24.6 Å². The quantitative estimate of drug-likeness (QED) is 0.807. The number of aliphatic hydroxyl groups excluding tert-OH is 1. The lowest BCUT2D eigenvalue weighted by molar-refractivity contribution is 0.0752. The second-order valence-corrected chi connectivity index (χ2v) is 5.52. The van der Waals surface area contributed by atoms with Gasteiger partial charge in [-0.3, -0.25) is 9.78 Å². The Bertz CT molecular complexity index is 491. The maximum absolute atomic E-state index is 12.4. The maximum atomic E-state index is 12.4. The van der Waals surface area contributed by atoms with Gasteiger partial charge in [0.1, 0.15) is 0 Å². The smallest absolute Gasteiger partial charge is 0.253 e. The van der Waals surface area contributed by atoms with Gasteiger partial charge in [0.25, 0.3) is 5.91 Å². The van der Waals surface area contributed by atoms with E-state index in [1.807, 2.05) is 4.90 Å². The third-order valence-electron chi connectivity index (χ3n) is 4.38. The average Bonchev–Trinajstić information content (AvgIpc) is 3.01. The van der Waals surface area contributed by atoms with Crippen LogP contribution in [0.15, 0.2) is 18.3 Å². The van der Waals surface area contributed by atoms with E-state index in [4.69, 9.17) is 5.73 Å². The number of pyridine rings is 1. The normalized spacial score (nSPS) is 29.6. The van der Waals surface area contributed by atoms with E-state index in [9.17, 15) is 9.90 Å². The molecule has 3 N–H and O–H groups in total. The van der Waals surface area contributed by atoms with Crippen molar-refractivity contribution in [3.05, 3.63) is 29.6 Å². The van der Waals surface area contributed by atoms with Crippen molar-refractivity contribution in [3.8, 4) is 0 Å². The van der Waals surface area contributed by atoms with Gasteiger partial charge < -0.3 is 15.7 Å². The highest BCUT2D eigenvalue weighted by Gasteiger charge is 2.43. The Balaban J connectivity index is 1.74. The molecule has 1 aromatic heterocycles. The van der Waals surface area contributed by atoms with E-state index in [2.05, 4.69) is 4.98 Å². The van der Waals surface area contributed by atoms with Crippen molar-refractivity contribution in [1.29, 1.82) is 0 Å². The van der Waals surface area contributed by atoms with Crippen LogP contribution in [-0.4, -0.2) is 40.1 Å². The summed E-state index contributed by atoms with van der Waals surface area (Å²) in [5, 5.41) is 9.89.